The first-order valence-electron chi connectivity index (χ1n) is 6.50. The highest BCUT2D eigenvalue weighted by atomic mass is 16.5. The predicted octanol–water partition coefficient (Wildman–Crippen LogP) is 1.01. The van der Waals surface area contributed by atoms with Crippen molar-refractivity contribution in [3.63, 3.8) is 0 Å². The lowest BCUT2D eigenvalue weighted by molar-refractivity contribution is 0.203. The monoisotopic (exact) mass is 242 g/mol. The average molecular weight is 242 g/mol. The topological polar surface area (TPSA) is 71.7 Å². The van der Waals surface area contributed by atoms with Crippen molar-refractivity contribution < 1.29 is 4.74 Å². The highest BCUT2D eigenvalue weighted by Gasteiger charge is 2.31. The van der Waals surface area contributed by atoms with Crippen LogP contribution in [0.1, 0.15) is 39.0 Å². The van der Waals surface area contributed by atoms with E-state index in [4.69, 9.17) is 10.6 Å². The van der Waals surface area contributed by atoms with Crippen LogP contribution in [-0.4, -0.2) is 32.8 Å². The van der Waals surface area contributed by atoms with Crippen LogP contribution in [0.3, 0.4) is 0 Å². The van der Waals surface area contributed by atoms with Crippen LogP contribution in [0.15, 0.2) is 4.99 Å². The lowest BCUT2D eigenvalue weighted by atomic mass is 9.84. The second-order valence-electron chi connectivity index (χ2n) is 4.79. The zero-order valence-corrected chi connectivity index (χ0v) is 11.1. The second kappa shape index (κ2) is 7.50. The van der Waals surface area contributed by atoms with Gasteiger partial charge in [0.1, 0.15) is 0 Å². The summed E-state index contributed by atoms with van der Waals surface area (Å²) in [4.78, 5) is 4.55. The van der Waals surface area contributed by atoms with Gasteiger partial charge in [0.05, 0.1) is 6.61 Å². The molecule has 0 radical (unpaired) electrons. The van der Waals surface area contributed by atoms with E-state index in [0.717, 1.165) is 13.1 Å². The van der Waals surface area contributed by atoms with E-state index in [9.17, 15) is 0 Å². The SMILES string of the molecule is CCC1(CN=C(NN)NCCOC)CCCC1. The molecule has 1 rings (SSSR count). The summed E-state index contributed by atoms with van der Waals surface area (Å²) in [5.74, 6) is 6.11. The number of ether oxygens (including phenoxy) is 1. The first-order valence-corrected chi connectivity index (χ1v) is 6.50. The van der Waals surface area contributed by atoms with Crippen molar-refractivity contribution in [1.82, 2.24) is 10.7 Å². The van der Waals surface area contributed by atoms with Gasteiger partial charge in [0.25, 0.3) is 0 Å². The summed E-state index contributed by atoms with van der Waals surface area (Å²) in [6, 6.07) is 0. The molecular formula is C12H26N4O. The van der Waals surface area contributed by atoms with Crippen LogP contribution in [0.2, 0.25) is 0 Å². The minimum atomic E-state index is 0.408. The summed E-state index contributed by atoms with van der Waals surface area (Å²) in [6.07, 6.45) is 6.47. The number of nitrogens with one attached hydrogen (secondary N) is 2. The van der Waals surface area contributed by atoms with Crippen LogP contribution in [0.25, 0.3) is 0 Å². The van der Waals surface area contributed by atoms with Crippen LogP contribution in [0, 0.1) is 5.41 Å². The number of nitrogens with zero attached hydrogens (tertiary/aromatic N) is 1. The van der Waals surface area contributed by atoms with Crippen LogP contribution in [0.4, 0.5) is 0 Å². The number of aliphatic imine (C=N–C) groups is 1. The third-order valence-electron chi connectivity index (χ3n) is 3.72. The molecule has 0 aromatic heterocycles. The van der Waals surface area contributed by atoms with Crippen molar-refractivity contribution in [3.05, 3.63) is 0 Å². The largest absolute Gasteiger partial charge is 0.383 e. The molecule has 5 nitrogen and oxygen atoms in total. The van der Waals surface area contributed by atoms with Crippen LogP contribution < -0.4 is 16.6 Å². The molecule has 1 saturated carbocycles. The van der Waals surface area contributed by atoms with E-state index >= 15 is 0 Å². The summed E-state index contributed by atoms with van der Waals surface area (Å²) < 4.78 is 4.97. The Hall–Kier alpha value is -0.810. The summed E-state index contributed by atoms with van der Waals surface area (Å²) in [5.41, 5.74) is 3.02. The molecule has 0 heterocycles. The maximum Gasteiger partial charge on any atom is 0.205 e. The number of nitrogens with two attached hydrogens (primary N) is 1. The Morgan fingerprint density at radius 1 is 1.41 bits per heavy atom. The average Bonchev–Trinajstić information content (AvgIpc) is 2.83. The number of hydrogen-bond acceptors (Lipinski definition) is 3. The minimum Gasteiger partial charge on any atom is -0.383 e. The zero-order chi connectivity index (χ0) is 12.6. The molecule has 0 aromatic carbocycles. The Morgan fingerprint density at radius 2 is 2.12 bits per heavy atom. The van der Waals surface area contributed by atoms with E-state index < -0.39 is 0 Å². The van der Waals surface area contributed by atoms with Gasteiger partial charge in [-0.05, 0) is 24.7 Å². The Labute approximate surface area is 104 Å². The maximum atomic E-state index is 5.44. The molecule has 0 bridgehead atoms. The van der Waals surface area contributed by atoms with Crippen molar-refractivity contribution >= 4 is 5.96 Å². The Morgan fingerprint density at radius 3 is 2.65 bits per heavy atom. The highest BCUT2D eigenvalue weighted by molar-refractivity contribution is 5.79. The van der Waals surface area contributed by atoms with Gasteiger partial charge < -0.3 is 10.1 Å². The lowest BCUT2D eigenvalue weighted by Gasteiger charge is -2.25. The Kier molecular flexibility index (Phi) is 6.29. The molecule has 4 N–H and O–H groups in total. The fraction of sp³-hybridized carbons (Fsp3) is 0.917. The molecule has 0 aromatic rings. The standard InChI is InChI=1S/C12H26N4O/c1-3-12(6-4-5-7-12)10-15-11(16-13)14-8-9-17-2/h3-10,13H2,1-2H3,(H2,14,15,16). The number of rotatable bonds is 6. The summed E-state index contributed by atoms with van der Waals surface area (Å²) in [5, 5.41) is 3.12. The number of hydrazine groups is 1. The Bertz CT molecular complexity index is 237. The van der Waals surface area contributed by atoms with Crippen molar-refractivity contribution in [2.75, 3.05) is 26.8 Å². The molecule has 0 aliphatic heterocycles. The van der Waals surface area contributed by atoms with Crippen molar-refractivity contribution in [1.29, 1.82) is 0 Å². The summed E-state index contributed by atoms with van der Waals surface area (Å²) in [7, 11) is 1.68. The van der Waals surface area contributed by atoms with Crippen LogP contribution >= 0.6 is 0 Å². The van der Waals surface area contributed by atoms with Gasteiger partial charge in [-0.1, -0.05) is 19.8 Å². The molecule has 1 aliphatic rings. The fourth-order valence-electron chi connectivity index (χ4n) is 2.42. The summed E-state index contributed by atoms with van der Waals surface area (Å²) in [6.45, 7) is 4.50. The van der Waals surface area contributed by atoms with Crippen molar-refractivity contribution in [2.45, 2.75) is 39.0 Å². The minimum absolute atomic E-state index is 0.408. The van der Waals surface area contributed by atoms with Crippen molar-refractivity contribution in [3.8, 4) is 0 Å². The van der Waals surface area contributed by atoms with E-state index in [1.165, 1.54) is 32.1 Å². The molecule has 100 valence electrons. The van der Waals surface area contributed by atoms with Gasteiger partial charge in [-0.3, -0.25) is 10.4 Å². The van der Waals surface area contributed by atoms with Gasteiger partial charge in [0.15, 0.2) is 0 Å². The first-order chi connectivity index (χ1) is 8.26. The summed E-state index contributed by atoms with van der Waals surface area (Å²) >= 11 is 0. The smallest absolute Gasteiger partial charge is 0.205 e. The Balaban J connectivity index is 2.42. The zero-order valence-electron chi connectivity index (χ0n) is 11.1. The normalized spacial score (nSPS) is 19.4. The number of methoxy groups -OCH3 is 1. The molecule has 0 atom stereocenters. The van der Waals surface area contributed by atoms with Gasteiger partial charge in [-0.2, -0.15) is 0 Å². The quantitative estimate of drug-likeness (QED) is 0.214. The number of hydrogen-bond donors (Lipinski definition) is 3. The van der Waals surface area contributed by atoms with E-state index in [0.29, 0.717) is 18.0 Å². The molecule has 5 heteroatoms. The molecule has 17 heavy (non-hydrogen) atoms. The third kappa shape index (κ3) is 4.52. The van der Waals surface area contributed by atoms with Gasteiger partial charge in [-0.15, -0.1) is 0 Å². The third-order valence-corrected chi connectivity index (χ3v) is 3.72. The van der Waals surface area contributed by atoms with E-state index in [-0.39, 0.29) is 0 Å². The van der Waals surface area contributed by atoms with E-state index in [1.54, 1.807) is 7.11 Å². The number of guanidine groups is 1. The first kappa shape index (κ1) is 14.3. The molecule has 1 aliphatic carbocycles. The van der Waals surface area contributed by atoms with E-state index in [1.807, 2.05) is 0 Å². The van der Waals surface area contributed by atoms with Gasteiger partial charge in [-0.25, -0.2) is 5.84 Å². The molecule has 1 fully saturated rings. The lowest BCUT2D eigenvalue weighted by Crippen LogP contribution is -2.43. The fourth-order valence-corrected chi connectivity index (χ4v) is 2.42. The maximum absolute atomic E-state index is 5.44. The second-order valence-corrected chi connectivity index (χ2v) is 4.79. The molecule has 0 spiro atoms. The van der Waals surface area contributed by atoms with Gasteiger partial charge in [0, 0.05) is 20.2 Å². The molecule has 0 saturated heterocycles. The van der Waals surface area contributed by atoms with E-state index in [2.05, 4.69) is 22.7 Å². The molecule has 0 amide bonds. The van der Waals surface area contributed by atoms with Gasteiger partial charge >= 0.3 is 0 Å². The van der Waals surface area contributed by atoms with Crippen molar-refractivity contribution in [2.24, 2.45) is 16.3 Å². The van der Waals surface area contributed by atoms with Crippen LogP contribution in [-0.2, 0) is 4.74 Å². The predicted molar refractivity (Wildman–Crippen MR) is 70.7 cm³/mol. The molecule has 0 unspecified atom stereocenters. The molecular weight excluding hydrogens is 216 g/mol. The van der Waals surface area contributed by atoms with Gasteiger partial charge in [0.2, 0.25) is 5.96 Å². The van der Waals surface area contributed by atoms with Crippen LogP contribution in [0.5, 0.6) is 0 Å². The highest BCUT2D eigenvalue weighted by Crippen LogP contribution is 2.40.